The van der Waals surface area contributed by atoms with E-state index in [4.69, 9.17) is 37.5 Å². The molecular formula is C69H72N8O26S6-4. The SMILES string of the molecule is C=c1ccc2c(c1S(=O)(=O)[O-])Oc1c(ccc(N)c1S(=O)(=O)[O-])C=2c1ccccc1C(=O)O.C=c1ccc2c(c1S(=O)(=O)[O-])Oc1c(ccc(N)c1S(=O)(=O)[O-])C=2c1ccccc1C(=O)O.CC(=O)NCCCCCN1C(=O)CC(SCCN)C1=O.CC(=O)NCCCCCN1C(=O)CC(SC[C@H](N)C(=O)O)C1=O. The summed E-state index contributed by atoms with van der Waals surface area (Å²) >= 11 is 2.59. The van der Waals surface area contributed by atoms with Crippen LogP contribution in [0.3, 0.4) is 0 Å². The lowest BCUT2D eigenvalue weighted by Gasteiger charge is -2.27. The zero-order chi connectivity index (χ0) is 80.9. The summed E-state index contributed by atoms with van der Waals surface area (Å²) in [5, 5.41) is 32.2. The first-order chi connectivity index (χ1) is 51.0. The molecule has 0 bridgehead atoms. The van der Waals surface area contributed by atoms with Gasteiger partial charge in [0, 0.05) is 104 Å². The lowest BCUT2D eigenvalue weighted by molar-refractivity contribution is -0.139. The number of aromatic carboxylic acids is 2. The fourth-order valence-corrected chi connectivity index (χ4v) is 16.7. The maximum absolute atomic E-state index is 12.1. The Balaban J connectivity index is 0.000000207. The molecule has 0 spiro atoms. The number of hydrogen-bond acceptors (Lipinski definition) is 29. The Morgan fingerprint density at radius 3 is 1.23 bits per heavy atom. The van der Waals surface area contributed by atoms with Gasteiger partial charge in [-0.25, -0.2) is 43.3 Å². The predicted molar refractivity (Wildman–Crippen MR) is 391 cm³/mol. The number of unbranched alkanes of at least 4 members (excludes halogenated alkanes) is 4. The number of aliphatic carboxylic acids is 1. The maximum atomic E-state index is 12.1. The van der Waals surface area contributed by atoms with Crippen LogP contribution >= 0.6 is 23.5 Å². The minimum absolute atomic E-state index is 0.0166. The lowest BCUT2D eigenvalue weighted by atomic mass is 9.89. The second kappa shape index (κ2) is 36.4. The number of carbonyl (C=O) groups is 9. The van der Waals surface area contributed by atoms with E-state index in [-0.39, 0.29) is 118 Å². The van der Waals surface area contributed by atoms with Crippen molar-refractivity contribution >= 4 is 153 Å². The number of benzene rings is 6. The fourth-order valence-electron chi connectivity index (χ4n) is 11.7. The number of rotatable bonds is 27. The van der Waals surface area contributed by atoms with E-state index < -0.39 is 124 Å². The highest BCUT2D eigenvalue weighted by Crippen LogP contribution is 2.46. The molecule has 0 aromatic heterocycles. The summed E-state index contributed by atoms with van der Waals surface area (Å²) in [6, 6.07) is 20.3. The van der Waals surface area contributed by atoms with Crippen molar-refractivity contribution < 1.29 is 120 Å². The number of imide groups is 2. The quantitative estimate of drug-likeness (QED) is 0.0148. The molecule has 109 heavy (non-hydrogen) atoms. The van der Waals surface area contributed by atoms with E-state index in [0.717, 1.165) is 56.0 Å². The normalized spacial score (nSPS) is 15.4. The van der Waals surface area contributed by atoms with Gasteiger partial charge in [0.25, 0.3) is 0 Å². The van der Waals surface area contributed by atoms with Crippen LogP contribution in [0.5, 0.6) is 23.0 Å². The molecule has 4 heterocycles. The van der Waals surface area contributed by atoms with Gasteiger partial charge in [-0.3, -0.25) is 43.4 Å². The number of fused-ring (bicyclic) bond motifs is 4. The van der Waals surface area contributed by atoms with Crippen molar-refractivity contribution in [3.05, 3.63) is 151 Å². The number of anilines is 2. The van der Waals surface area contributed by atoms with E-state index in [1.54, 1.807) is 0 Å². The molecule has 0 aliphatic carbocycles. The topological polar surface area (TPSA) is 596 Å². The number of hydrogen-bond donors (Lipinski definition) is 9. The summed E-state index contributed by atoms with van der Waals surface area (Å²) in [6.45, 7) is 12.6. The van der Waals surface area contributed by atoms with Gasteiger partial charge >= 0.3 is 17.9 Å². The number of amides is 6. The van der Waals surface area contributed by atoms with Crippen molar-refractivity contribution in [2.75, 3.05) is 55.7 Å². The number of nitrogen functional groups attached to an aromatic ring is 2. The Morgan fingerprint density at radius 1 is 0.523 bits per heavy atom. The molecule has 6 aromatic carbocycles. The van der Waals surface area contributed by atoms with Crippen LogP contribution in [0, 0.1) is 0 Å². The highest BCUT2D eigenvalue weighted by atomic mass is 32.2. The monoisotopic (exact) mass is 1620 g/mol. The molecule has 34 nitrogen and oxygen atoms in total. The van der Waals surface area contributed by atoms with Crippen molar-refractivity contribution in [3.63, 3.8) is 0 Å². The molecule has 13 N–H and O–H groups in total. The molecule has 0 saturated carbocycles. The number of likely N-dealkylation sites (tertiary alicyclic amines) is 2. The van der Waals surface area contributed by atoms with Crippen molar-refractivity contribution in [1.82, 2.24) is 20.4 Å². The van der Waals surface area contributed by atoms with E-state index >= 15 is 0 Å². The molecular weight excluding hydrogens is 1550 g/mol. The van der Waals surface area contributed by atoms with Crippen molar-refractivity contribution in [1.29, 1.82) is 0 Å². The number of carbonyl (C=O) groups excluding carboxylic acids is 6. The Morgan fingerprint density at radius 2 is 0.890 bits per heavy atom. The molecule has 0 radical (unpaired) electrons. The molecule has 6 aromatic rings. The minimum atomic E-state index is -5.24. The van der Waals surface area contributed by atoms with Gasteiger partial charge in [-0.2, -0.15) is 0 Å². The first-order valence-corrected chi connectivity index (χ1v) is 40.3. The van der Waals surface area contributed by atoms with Crippen LogP contribution in [-0.4, -0.2) is 191 Å². The van der Waals surface area contributed by atoms with Gasteiger partial charge in [-0.05, 0) is 109 Å². The van der Waals surface area contributed by atoms with Gasteiger partial charge in [0.05, 0.1) is 33.0 Å². The Labute approximate surface area is 632 Å². The number of carboxylic acids is 3. The second-order valence-corrected chi connectivity index (χ2v) is 32.0. The van der Waals surface area contributed by atoms with Crippen molar-refractivity contribution in [3.8, 4) is 23.0 Å². The third kappa shape index (κ3) is 21.0. The van der Waals surface area contributed by atoms with E-state index in [1.165, 1.54) is 120 Å². The van der Waals surface area contributed by atoms with Crippen LogP contribution in [0.15, 0.2) is 117 Å². The van der Waals surface area contributed by atoms with Crippen molar-refractivity contribution in [2.45, 2.75) is 101 Å². The number of carboxylic acid groups (broad SMARTS) is 3. The molecule has 2 saturated heterocycles. The van der Waals surface area contributed by atoms with Gasteiger partial charge in [0.15, 0.2) is 23.0 Å². The molecule has 584 valence electrons. The van der Waals surface area contributed by atoms with E-state index in [9.17, 15) is 105 Å². The third-order valence-electron chi connectivity index (χ3n) is 16.5. The average Bonchev–Trinajstić information content (AvgIpc) is 0.770. The first-order valence-electron chi connectivity index (χ1n) is 32.5. The number of nitrogens with one attached hydrogen (secondary N) is 2. The largest absolute Gasteiger partial charge is 0.744 e. The fraction of sp³-hybridized carbons (Fsp3) is 0.290. The van der Waals surface area contributed by atoms with Crippen molar-refractivity contribution in [2.24, 2.45) is 11.5 Å². The highest BCUT2D eigenvalue weighted by molar-refractivity contribution is 8.01. The molecule has 10 rings (SSSR count). The van der Waals surface area contributed by atoms with Crippen LogP contribution in [-0.2, 0) is 74.0 Å². The van der Waals surface area contributed by atoms with E-state index in [1.807, 2.05) is 0 Å². The minimum Gasteiger partial charge on any atom is -0.744 e. The summed E-state index contributed by atoms with van der Waals surface area (Å²) in [6.07, 6.45) is 5.21. The summed E-state index contributed by atoms with van der Waals surface area (Å²) in [5.41, 5.74) is 21.0. The number of thioether (sulfide) groups is 2. The van der Waals surface area contributed by atoms with Crippen LogP contribution < -0.4 is 63.9 Å². The van der Waals surface area contributed by atoms with Crippen LogP contribution in [0.2, 0.25) is 0 Å². The molecule has 2 fully saturated rings. The van der Waals surface area contributed by atoms with Gasteiger partial charge in [0.2, 0.25) is 35.4 Å². The molecule has 2 unspecified atom stereocenters. The third-order valence-corrected chi connectivity index (χ3v) is 22.8. The summed E-state index contributed by atoms with van der Waals surface area (Å²) in [5.74, 6) is -6.14. The number of ether oxygens (including phenoxy) is 2. The van der Waals surface area contributed by atoms with Gasteiger partial charge < -0.3 is 76.6 Å². The summed E-state index contributed by atoms with van der Waals surface area (Å²) in [4.78, 5) is 103. The van der Waals surface area contributed by atoms with Gasteiger partial charge in [-0.1, -0.05) is 61.7 Å². The molecule has 4 aliphatic rings. The summed E-state index contributed by atoms with van der Waals surface area (Å²) < 4.78 is 155. The van der Waals surface area contributed by atoms with Gasteiger partial charge in [0.1, 0.15) is 66.1 Å². The summed E-state index contributed by atoms with van der Waals surface area (Å²) in [7, 11) is -20.9. The Hall–Kier alpha value is -10.1. The number of nitrogens with two attached hydrogens (primary N) is 4. The zero-order valence-electron chi connectivity index (χ0n) is 57.9. The smallest absolute Gasteiger partial charge is 0.336 e. The predicted octanol–water partition coefficient (Wildman–Crippen LogP) is 0.755. The van der Waals surface area contributed by atoms with Crippen LogP contribution in [0.1, 0.15) is 108 Å². The molecule has 4 aliphatic heterocycles. The second-order valence-electron chi connectivity index (χ2n) is 24.2. The maximum Gasteiger partial charge on any atom is 0.336 e. The lowest BCUT2D eigenvalue weighted by Crippen LogP contribution is -2.35. The Bertz CT molecular complexity index is 5140. The van der Waals surface area contributed by atoms with Crippen LogP contribution in [0.4, 0.5) is 11.4 Å². The zero-order valence-corrected chi connectivity index (χ0v) is 62.8. The number of nitrogens with zero attached hydrogens (tertiary/aromatic N) is 2. The van der Waals surface area contributed by atoms with E-state index in [0.29, 0.717) is 51.3 Å². The first kappa shape index (κ1) is 86.1. The molecule has 6 amide bonds. The van der Waals surface area contributed by atoms with E-state index in [2.05, 4.69) is 23.8 Å². The van der Waals surface area contributed by atoms with Gasteiger partial charge in [-0.15, -0.1) is 23.5 Å². The highest BCUT2D eigenvalue weighted by Gasteiger charge is 2.40. The average molecular weight is 1620 g/mol. The Kier molecular flexibility index (Phi) is 28.8. The molecule has 3 atom stereocenters. The standard InChI is InChI=1S/2C21H15NO9S2.C14H23N3O5S.C13H23N3O3S/c2*1-10-6-7-13-16(11-4-2-3-5-12(11)21(23)24)14-8-9-15(22)20(33(28,29)30)18(14)31-17(13)19(10)32(25,26)27;1-9(18)16-5-3-2-4-6-17-12(19)7-11(13(17)20)23-8-10(15)14(21)22;1-10(17)15-6-3-2-4-7-16-12(18)9-11(13(16)19)20-8-5-14/h2*2-9H,1,22H2,(H,23,24)(H,25,26,27)(H,28,29,30);10-11H,2-8,15H2,1H3,(H,16,18)(H,21,22);11H,2-9,14H2,1H3,(H,15,17)/p-4/t;;10-,11?;/m..0./s1. The van der Waals surface area contributed by atoms with Crippen LogP contribution in [0.25, 0.3) is 24.3 Å². The molecule has 40 heteroatoms.